The van der Waals surface area contributed by atoms with Crippen LogP contribution >= 0.6 is 0 Å². The number of nitrogens with one attached hydrogen (secondary N) is 1. The first-order valence-electron chi connectivity index (χ1n) is 9.36. The number of hydrogen-bond acceptors (Lipinski definition) is 2. The Morgan fingerprint density at radius 3 is 2.27 bits per heavy atom. The maximum Gasteiger partial charge on any atom is 0.253 e. The van der Waals surface area contributed by atoms with Gasteiger partial charge in [0.05, 0.1) is 0 Å². The van der Waals surface area contributed by atoms with E-state index in [1.807, 2.05) is 36.1 Å². The molecule has 0 radical (unpaired) electrons. The molecule has 1 fully saturated rings. The zero-order chi connectivity index (χ0) is 18.4. The summed E-state index contributed by atoms with van der Waals surface area (Å²) in [4.78, 5) is 27.1. The molecule has 0 aliphatic carbocycles. The molecule has 3 rings (SSSR count). The fraction of sp³-hybridized carbons (Fsp3) is 0.364. The molecule has 136 valence electrons. The Hall–Kier alpha value is -2.62. The van der Waals surface area contributed by atoms with Crippen molar-refractivity contribution in [1.29, 1.82) is 0 Å². The topological polar surface area (TPSA) is 49.4 Å². The van der Waals surface area contributed by atoms with Crippen molar-refractivity contribution in [2.45, 2.75) is 39.2 Å². The van der Waals surface area contributed by atoms with E-state index < -0.39 is 0 Å². The average Bonchev–Trinajstić information content (AvgIpc) is 2.96. The van der Waals surface area contributed by atoms with Gasteiger partial charge in [-0.05, 0) is 43.5 Å². The predicted molar refractivity (Wildman–Crippen MR) is 103 cm³/mol. The second kappa shape index (κ2) is 8.65. The minimum absolute atomic E-state index is 0.0279. The maximum absolute atomic E-state index is 12.7. The minimum Gasteiger partial charge on any atom is -0.348 e. The third-order valence-corrected chi connectivity index (χ3v) is 4.84. The van der Waals surface area contributed by atoms with Gasteiger partial charge in [-0.25, -0.2) is 0 Å². The molecule has 2 aromatic rings. The molecule has 1 heterocycles. The lowest BCUT2D eigenvalue weighted by atomic mass is 10.1. The molecule has 2 amide bonds. The third-order valence-electron chi connectivity index (χ3n) is 4.84. The van der Waals surface area contributed by atoms with Crippen LogP contribution in [-0.4, -0.2) is 29.8 Å². The van der Waals surface area contributed by atoms with Crippen LogP contribution in [0.2, 0.25) is 0 Å². The standard InChI is InChI=1S/C22H26N2O2/c1-17-9-11-18(12-10-17)16-23-21(25)19-7-6-8-20(15-19)22(26)24-13-4-2-3-5-14-24/h6-12,15H,2-5,13-14,16H2,1H3,(H,23,25). The van der Waals surface area contributed by atoms with Crippen molar-refractivity contribution in [3.63, 3.8) is 0 Å². The maximum atomic E-state index is 12.7. The summed E-state index contributed by atoms with van der Waals surface area (Å²) in [5.74, 6) is -0.129. The number of likely N-dealkylation sites (tertiary alicyclic amines) is 1. The lowest BCUT2D eigenvalue weighted by Gasteiger charge is -2.20. The van der Waals surface area contributed by atoms with E-state index in [0.29, 0.717) is 17.7 Å². The molecule has 0 spiro atoms. The van der Waals surface area contributed by atoms with Gasteiger partial charge in [0, 0.05) is 30.8 Å². The van der Waals surface area contributed by atoms with Crippen LogP contribution in [0.3, 0.4) is 0 Å². The Morgan fingerprint density at radius 1 is 0.923 bits per heavy atom. The van der Waals surface area contributed by atoms with Crippen LogP contribution in [0.15, 0.2) is 48.5 Å². The van der Waals surface area contributed by atoms with Crippen LogP contribution in [0.1, 0.15) is 57.5 Å². The summed E-state index contributed by atoms with van der Waals surface area (Å²) in [7, 11) is 0. The number of amides is 2. The monoisotopic (exact) mass is 350 g/mol. The summed E-state index contributed by atoms with van der Waals surface area (Å²) in [5, 5.41) is 2.93. The molecule has 0 atom stereocenters. The van der Waals surface area contributed by atoms with Crippen molar-refractivity contribution < 1.29 is 9.59 Å². The first-order chi connectivity index (χ1) is 12.6. The van der Waals surface area contributed by atoms with E-state index in [4.69, 9.17) is 0 Å². The van der Waals surface area contributed by atoms with Gasteiger partial charge in [0.1, 0.15) is 0 Å². The van der Waals surface area contributed by atoms with Gasteiger partial charge in [-0.2, -0.15) is 0 Å². The Labute approximate surface area is 155 Å². The van der Waals surface area contributed by atoms with Gasteiger partial charge >= 0.3 is 0 Å². The van der Waals surface area contributed by atoms with Crippen molar-refractivity contribution in [2.75, 3.05) is 13.1 Å². The molecule has 1 aliphatic rings. The molecule has 1 saturated heterocycles. The fourth-order valence-electron chi connectivity index (χ4n) is 3.24. The molecule has 4 heteroatoms. The summed E-state index contributed by atoms with van der Waals surface area (Å²) >= 11 is 0. The van der Waals surface area contributed by atoms with Crippen molar-refractivity contribution in [1.82, 2.24) is 10.2 Å². The highest BCUT2D eigenvalue weighted by atomic mass is 16.2. The zero-order valence-electron chi connectivity index (χ0n) is 15.3. The third kappa shape index (κ3) is 4.72. The van der Waals surface area contributed by atoms with Crippen molar-refractivity contribution >= 4 is 11.8 Å². The largest absolute Gasteiger partial charge is 0.348 e. The van der Waals surface area contributed by atoms with Gasteiger partial charge in [0.15, 0.2) is 0 Å². The average molecular weight is 350 g/mol. The summed E-state index contributed by atoms with van der Waals surface area (Å²) in [6.07, 6.45) is 4.49. The van der Waals surface area contributed by atoms with Gasteiger partial charge in [-0.1, -0.05) is 48.7 Å². The van der Waals surface area contributed by atoms with Crippen LogP contribution in [-0.2, 0) is 6.54 Å². The van der Waals surface area contributed by atoms with Gasteiger partial charge in [0.2, 0.25) is 0 Å². The molecule has 1 N–H and O–H groups in total. The molecule has 2 aromatic carbocycles. The summed E-state index contributed by atoms with van der Waals surface area (Å²) < 4.78 is 0. The predicted octanol–water partition coefficient (Wildman–Crippen LogP) is 3.94. The number of hydrogen-bond donors (Lipinski definition) is 1. The van der Waals surface area contributed by atoms with E-state index in [0.717, 1.165) is 31.5 Å². The molecule has 0 unspecified atom stereocenters. The molecular weight excluding hydrogens is 324 g/mol. The van der Waals surface area contributed by atoms with Gasteiger partial charge in [-0.3, -0.25) is 9.59 Å². The SMILES string of the molecule is Cc1ccc(CNC(=O)c2cccc(C(=O)N3CCCCCC3)c2)cc1. The van der Waals surface area contributed by atoms with Gasteiger partial charge < -0.3 is 10.2 Å². The number of rotatable bonds is 4. The molecule has 0 saturated carbocycles. The molecule has 4 nitrogen and oxygen atoms in total. The highest BCUT2D eigenvalue weighted by Crippen LogP contribution is 2.14. The number of benzene rings is 2. The highest BCUT2D eigenvalue weighted by molar-refractivity contribution is 5.99. The van der Waals surface area contributed by atoms with E-state index in [2.05, 4.69) is 5.32 Å². The first-order valence-corrected chi connectivity index (χ1v) is 9.36. The number of aryl methyl sites for hydroxylation is 1. The van der Waals surface area contributed by atoms with Crippen LogP contribution in [0, 0.1) is 6.92 Å². The quantitative estimate of drug-likeness (QED) is 0.908. The Morgan fingerprint density at radius 2 is 1.58 bits per heavy atom. The Bertz CT molecular complexity index is 760. The second-order valence-corrected chi connectivity index (χ2v) is 6.96. The second-order valence-electron chi connectivity index (χ2n) is 6.96. The fourth-order valence-corrected chi connectivity index (χ4v) is 3.24. The molecule has 1 aliphatic heterocycles. The van der Waals surface area contributed by atoms with E-state index in [9.17, 15) is 9.59 Å². The normalized spacial score (nSPS) is 14.6. The Balaban J connectivity index is 1.64. The van der Waals surface area contributed by atoms with Gasteiger partial charge in [-0.15, -0.1) is 0 Å². The highest BCUT2D eigenvalue weighted by Gasteiger charge is 2.18. The van der Waals surface area contributed by atoms with Crippen molar-refractivity contribution in [2.24, 2.45) is 0 Å². The number of carbonyl (C=O) groups is 2. The zero-order valence-corrected chi connectivity index (χ0v) is 15.3. The van der Waals surface area contributed by atoms with E-state index in [1.165, 1.54) is 18.4 Å². The van der Waals surface area contributed by atoms with Crippen LogP contribution < -0.4 is 5.32 Å². The van der Waals surface area contributed by atoms with Crippen molar-refractivity contribution in [3.05, 3.63) is 70.8 Å². The van der Waals surface area contributed by atoms with Crippen LogP contribution in [0.5, 0.6) is 0 Å². The van der Waals surface area contributed by atoms with Crippen LogP contribution in [0.25, 0.3) is 0 Å². The molecular formula is C22H26N2O2. The smallest absolute Gasteiger partial charge is 0.253 e. The first kappa shape index (κ1) is 18.2. The molecule has 0 bridgehead atoms. The summed E-state index contributed by atoms with van der Waals surface area (Å²) in [6, 6.07) is 15.1. The number of nitrogens with zero attached hydrogens (tertiary/aromatic N) is 1. The minimum atomic E-state index is -0.156. The Kier molecular flexibility index (Phi) is 6.05. The summed E-state index contributed by atoms with van der Waals surface area (Å²) in [5.41, 5.74) is 3.37. The molecule has 26 heavy (non-hydrogen) atoms. The van der Waals surface area contributed by atoms with E-state index in [-0.39, 0.29) is 11.8 Å². The van der Waals surface area contributed by atoms with Crippen molar-refractivity contribution in [3.8, 4) is 0 Å². The van der Waals surface area contributed by atoms with E-state index in [1.54, 1.807) is 24.3 Å². The van der Waals surface area contributed by atoms with Gasteiger partial charge in [0.25, 0.3) is 11.8 Å². The lowest BCUT2D eigenvalue weighted by molar-refractivity contribution is 0.0761. The lowest BCUT2D eigenvalue weighted by Crippen LogP contribution is -2.32. The van der Waals surface area contributed by atoms with Crippen LogP contribution in [0.4, 0.5) is 0 Å². The summed E-state index contributed by atoms with van der Waals surface area (Å²) in [6.45, 7) is 4.13. The molecule has 0 aromatic heterocycles. The van der Waals surface area contributed by atoms with E-state index >= 15 is 0 Å². The number of carbonyl (C=O) groups excluding carboxylic acids is 2.